The fourth-order valence-electron chi connectivity index (χ4n) is 1.94. The summed E-state index contributed by atoms with van der Waals surface area (Å²) in [7, 11) is 0. The Morgan fingerprint density at radius 2 is 1.88 bits per heavy atom. The van der Waals surface area contributed by atoms with Crippen LogP contribution in [0.3, 0.4) is 0 Å². The molecule has 0 aliphatic rings. The van der Waals surface area contributed by atoms with Gasteiger partial charge in [-0.2, -0.15) is 0 Å². The monoisotopic (exact) mass is 244 g/mol. The van der Waals surface area contributed by atoms with E-state index < -0.39 is 0 Å². The molecule has 17 heavy (non-hydrogen) atoms. The van der Waals surface area contributed by atoms with Gasteiger partial charge in [0.2, 0.25) is 0 Å². The Kier molecular flexibility index (Phi) is 3.75. The fraction of sp³-hybridized carbons (Fsp3) is 0.267. The highest BCUT2D eigenvalue weighted by molar-refractivity contribution is 7.12. The van der Waals surface area contributed by atoms with E-state index in [0.29, 0.717) is 6.42 Å². The molecule has 88 valence electrons. The Balaban J connectivity index is 2.01. The molecule has 0 saturated carbocycles. The molecule has 2 rings (SSSR count). The van der Waals surface area contributed by atoms with Crippen molar-refractivity contribution in [2.75, 3.05) is 0 Å². The van der Waals surface area contributed by atoms with Crippen molar-refractivity contribution in [2.24, 2.45) is 0 Å². The van der Waals surface area contributed by atoms with Crippen LogP contribution < -0.4 is 0 Å². The van der Waals surface area contributed by atoms with Gasteiger partial charge < -0.3 is 0 Å². The molecule has 1 nitrogen and oxygen atoms in total. The first-order valence-corrected chi connectivity index (χ1v) is 6.62. The maximum atomic E-state index is 12.1. The number of thiophene rings is 1. The molecule has 0 amide bonds. The summed E-state index contributed by atoms with van der Waals surface area (Å²) >= 11 is 1.70. The van der Waals surface area contributed by atoms with Crippen molar-refractivity contribution in [1.29, 1.82) is 0 Å². The van der Waals surface area contributed by atoms with Gasteiger partial charge in [-0.15, -0.1) is 11.3 Å². The number of hydrogen-bond donors (Lipinski definition) is 0. The van der Waals surface area contributed by atoms with E-state index in [1.807, 2.05) is 38.1 Å². The van der Waals surface area contributed by atoms with E-state index in [4.69, 9.17) is 0 Å². The zero-order valence-corrected chi connectivity index (χ0v) is 11.0. The standard InChI is InChI=1S/C15H16OS/c1-11-10-14(12(2)17-11)15(16)9-8-13-6-4-3-5-7-13/h3-7,10H,8-9H2,1-2H3. The van der Waals surface area contributed by atoms with Crippen LogP contribution in [0.15, 0.2) is 36.4 Å². The summed E-state index contributed by atoms with van der Waals surface area (Å²) in [6.07, 6.45) is 1.43. The molecule has 0 aliphatic carbocycles. The molecular formula is C15H16OS. The van der Waals surface area contributed by atoms with Crippen molar-refractivity contribution in [3.05, 3.63) is 57.3 Å². The lowest BCUT2D eigenvalue weighted by molar-refractivity contribution is 0.0982. The lowest BCUT2D eigenvalue weighted by Gasteiger charge is -2.00. The summed E-state index contributed by atoms with van der Waals surface area (Å²) in [4.78, 5) is 14.4. The average molecular weight is 244 g/mol. The maximum absolute atomic E-state index is 12.1. The predicted molar refractivity (Wildman–Crippen MR) is 72.9 cm³/mol. The summed E-state index contributed by atoms with van der Waals surface area (Å²) in [6, 6.07) is 12.2. The largest absolute Gasteiger partial charge is 0.294 e. The van der Waals surface area contributed by atoms with Gasteiger partial charge in [-0.25, -0.2) is 0 Å². The zero-order chi connectivity index (χ0) is 12.3. The number of hydrogen-bond acceptors (Lipinski definition) is 2. The number of carbonyl (C=O) groups is 1. The summed E-state index contributed by atoms with van der Waals surface area (Å²) < 4.78 is 0. The molecule has 0 atom stereocenters. The lowest BCUT2D eigenvalue weighted by Crippen LogP contribution is -2.01. The van der Waals surface area contributed by atoms with Crippen molar-refractivity contribution in [3.8, 4) is 0 Å². The number of benzene rings is 1. The van der Waals surface area contributed by atoms with E-state index in [1.54, 1.807) is 11.3 Å². The van der Waals surface area contributed by atoms with E-state index in [9.17, 15) is 4.79 Å². The van der Waals surface area contributed by atoms with Crippen LogP contribution in [-0.2, 0) is 6.42 Å². The number of rotatable bonds is 4. The minimum atomic E-state index is 0.260. The molecule has 0 radical (unpaired) electrons. The Morgan fingerprint density at radius 3 is 2.47 bits per heavy atom. The van der Waals surface area contributed by atoms with Crippen LogP contribution in [0.5, 0.6) is 0 Å². The Hall–Kier alpha value is -1.41. The van der Waals surface area contributed by atoms with Crippen LogP contribution in [0.4, 0.5) is 0 Å². The Labute approximate surface area is 106 Å². The van der Waals surface area contributed by atoms with Crippen molar-refractivity contribution in [3.63, 3.8) is 0 Å². The van der Waals surface area contributed by atoms with Crippen LogP contribution in [0.25, 0.3) is 0 Å². The van der Waals surface area contributed by atoms with Crippen LogP contribution in [0.1, 0.15) is 32.1 Å². The Morgan fingerprint density at radius 1 is 1.18 bits per heavy atom. The molecule has 0 unspecified atom stereocenters. The molecule has 0 aliphatic heterocycles. The van der Waals surface area contributed by atoms with Gasteiger partial charge in [0, 0.05) is 21.7 Å². The van der Waals surface area contributed by atoms with Gasteiger partial charge in [-0.1, -0.05) is 30.3 Å². The van der Waals surface area contributed by atoms with E-state index in [0.717, 1.165) is 16.9 Å². The SMILES string of the molecule is Cc1cc(C(=O)CCc2ccccc2)c(C)s1. The minimum Gasteiger partial charge on any atom is -0.294 e. The highest BCUT2D eigenvalue weighted by atomic mass is 32.1. The van der Waals surface area contributed by atoms with Gasteiger partial charge in [-0.05, 0) is 31.9 Å². The molecule has 0 fully saturated rings. The highest BCUT2D eigenvalue weighted by Crippen LogP contribution is 2.22. The van der Waals surface area contributed by atoms with Crippen molar-refractivity contribution in [1.82, 2.24) is 0 Å². The van der Waals surface area contributed by atoms with Gasteiger partial charge in [0.1, 0.15) is 0 Å². The number of ketones is 1. The van der Waals surface area contributed by atoms with Gasteiger partial charge in [-0.3, -0.25) is 4.79 Å². The molecule has 0 bridgehead atoms. The summed E-state index contributed by atoms with van der Waals surface area (Å²) in [5.74, 6) is 0.260. The van der Waals surface area contributed by atoms with Crippen LogP contribution in [0.2, 0.25) is 0 Å². The van der Waals surface area contributed by atoms with Gasteiger partial charge in [0.15, 0.2) is 5.78 Å². The molecule has 2 heteroatoms. The smallest absolute Gasteiger partial charge is 0.164 e. The second-order valence-corrected chi connectivity index (χ2v) is 5.70. The average Bonchev–Trinajstić information content (AvgIpc) is 2.67. The number of Topliss-reactive ketones (excluding diaryl/α,β-unsaturated/α-hetero) is 1. The third kappa shape index (κ3) is 3.04. The van der Waals surface area contributed by atoms with Gasteiger partial charge in [0.25, 0.3) is 0 Å². The van der Waals surface area contributed by atoms with Crippen LogP contribution >= 0.6 is 11.3 Å². The highest BCUT2D eigenvalue weighted by Gasteiger charge is 2.11. The summed E-state index contributed by atoms with van der Waals surface area (Å²) in [6.45, 7) is 4.07. The van der Waals surface area contributed by atoms with E-state index >= 15 is 0 Å². The molecule has 2 aromatic rings. The fourth-order valence-corrected chi connectivity index (χ4v) is 2.89. The topological polar surface area (TPSA) is 17.1 Å². The predicted octanol–water partition coefficient (Wildman–Crippen LogP) is 4.18. The molecule has 0 N–H and O–H groups in total. The van der Waals surface area contributed by atoms with Crippen molar-refractivity contribution < 1.29 is 4.79 Å². The second-order valence-electron chi connectivity index (χ2n) is 4.24. The first kappa shape index (κ1) is 12.1. The Bertz CT molecular complexity index is 511. The molecule has 1 heterocycles. The third-order valence-corrected chi connectivity index (χ3v) is 3.79. The molecular weight excluding hydrogens is 228 g/mol. The molecule has 0 spiro atoms. The molecule has 1 aromatic carbocycles. The normalized spacial score (nSPS) is 10.5. The van der Waals surface area contributed by atoms with Crippen LogP contribution in [-0.4, -0.2) is 5.78 Å². The number of carbonyl (C=O) groups excluding carboxylic acids is 1. The lowest BCUT2D eigenvalue weighted by atomic mass is 10.0. The second kappa shape index (κ2) is 5.28. The number of aryl methyl sites for hydroxylation is 3. The van der Waals surface area contributed by atoms with Crippen molar-refractivity contribution >= 4 is 17.1 Å². The zero-order valence-electron chi connectivity index (χ0n) is 10.2. The molecule has 0 saturated heterocycles. The quantitative estimate of drug-likeness (QED) is 0.737. The van der Waals surface area contributed by atoms with Crippen LogP contribution in [0, 0.1) is 13.8 Å². The van der Waals surface area contributed by atoms with Crippen molar-refractivity contribution in [2.45, 2.75) is 26.7 Å². The first-order valence-electron chi connectivity index (χ1n) is 5.81. The van der Waals surface area contributed by atoms with Gasteiger partial charge in [0.05, 0.1) is 0 Å². The summed E-state index contributed by atoms with van der Waals surface area (Å²) in [5, 5.41) is 0. The third-order valence-electron chi connectivity index (χ3n) is 2.82. The van der Waals surface area contributed by atoms with Gasteiger partial charge >= 0.3 is 0 Å². The molecule has 1 aromatic heterocycles. The minimum absolute atomic E-state index is 0.260. The maximum Gasteiger partial charge on any atom is 0.164 e. The summed E-state index contributed by atoms with van der Waals surface area (Å²) in [5.41, 5.74) is 2.13. The van der Waals surface area contributed by atoms with E-state index in [-0.39, 0.29) is 5.78 Å². The first-order chi connectivity index (χ1) is 8.16. The van der Waals surface area contributed by atoms with E-state index in [1.165, 1.54) is 10.4 Å². The van der Waals surface area contributed by atoms with E-state index in [2.05, 4.69) is 12.1 Å².